The minimum absolute atomic E-state index is 1.15. The summed E-state index contributed by atoms with van der Waals surface area (Å²) in [7, 11) is 2.14. The van der Waals surface area contributed by atoms with Gasteiger partial charge in [-0.25, -0.2) is 0 Å². The van der Waals surface area contributed by atoms with Crippen molar-refractivity contribution in [1.82, 2.24) is 0 Å². The monoisotopic (exact) mass is 181 g/mol. The Kier molecular flexibility index (Phi) is 3.46. The van der Waals surface area contributed by atoms with E-state index in [1.54, 1.807) is 14.2 Å². The van der Waals surface area contributed by atoms with Crippen LogP contribution in [-0.4, -0.2) is 23.5 Å². The summed E-state index contributed by atoms with van der Waals surface area (Å²) in [4.78, 5) is 0. The Balaban J connectivity index is 2.80. The number of hydrogen-bond acceptors (Lipinski definition) is 2. The van der Waals surface area contributed by atoms with Gasteiger partial charge in [0.25, 0.3) is 0 Å². The van der Waals surface area contributed by atoms with Crippen molar-refractivity contribution < 1.29 is 8.85 Å². The quantitative estimate of drug-likeness (QED) is 0.647. The average Bonchev–Trinajstić information content (AvgIpc) is 2.10. The van der Waals surface area contributed by atoms with Crippen molar-refractivity contribution in [3.63, 3.8) is 0 Å². The van der Waals surface area contributed by atoms with Gasteiger partial charge in [0, 0.05) is 14.2 Å². The molecule has 12 heavy (non-hydrogen) atoms. The number of aryl methyl sites for hydroxylation is 1. The van der Waals surface area contributed by atoms with Crippen LogP contribution in [0.5, 0.6) is 0 Å². The van der Waals surface area contributed by atoms with Gasteiger partial charge in [0.15, 0.2) is 0 Å². The molecule has 0 atom stereocenters. The molecule has 0 aliphatic carbocycles. The molecule has 0 amide bonds. The zero-order valence-electron chi connectivity index (χ0n) is 7.63. The highest BCUT2D eigenvalue weighted by Gasteiger charge is 2.14. The van der Waals surface area contributed by atoms with Gasteiger partial charge in [-0.15, -0.1) is 0 Å². The SMILES string of the molecule is CO[Si](OC)c1ccc(C)cc1. The second kappa shape index (κ2) is 4.40. The fourth-order valence-electron chi connectivity index (χ4n) is 1.01. The van der Waals surface area contributed by atoms with Crippen LogP contribution < -0.4 is 5.19 Å². The lowest BCUT2D eigenvalue weighted by atomic mass is 10.2. The first kappa shape index (κ1) is 9.44. The Morgan fingerprint density at radius 2 is 1.50 bits per heavy atom. The van der Waals surface area contributed by atoms with Gasteiger partial charge in [0.1, 0.15) is 0 Å². The van der Waals surface area contributed by atoms with Gasteiger partial charge in [-0.1, -0.05) is 29.8 Å². The Morgan fingerprint density at radius 1 is 1.00 bits per heavy atom. The maximum atomic E-state index is 5.21. The number of benzene rings is 1. The molecule has 0 unspecified atom stereocenters. The largest absolute Gasteiger partial charge is 0.423 e. The lowest BCUT2D eigenvalue weighted by Crippen LogP contribution is -2.34. The molecule has 1 rings (SSSR count). The van der Waals surface area contributed by atoms with E-state index < -0.39 is 9.28 Å². The van der Waals surface area contributed by atoms with E-state index in [9.17, 15) is 0 Å². The maximum absolute atomic E-state index is 5.21. The van der Waals surface area contributed by atoms with E-state index in [2.05, 4.69) is 31.2 Å². The summed E-state index contributed by atoms with van der Waals surface area (Å²) in [5.74, 6) is 0. The molecule has 0 saturated heterocycles. The van der Waals surface area contributed by atoms with E-state index in [1.807, 2.05) is 0 Å². The first-order valence-electron chi connectivity index (χ1n) is 3.80. The highest BCUT2D eigenvalue weighted by atomic mass is 28.3. The summed E-state index contributed by atoms with van der Waals surface area (Å²) in [6, 6.07) is 8.24. The van der Waals surface area contributed by atoms with Gasteiger partial charge in [0.05, 0.1) is 0 Å². The van der Waals surface area contributed by atoms with Crippen molar-refractivity contribution in [2.75, 3.05) is 14.2 Å². The van der Waals surface area contributed by atoms with Crippen LogP contribution in [0.3, 0.4) is 0 Å². The Hall–Kier alpha value is -0.643. The second-order valence-corrected chi connectivity index (χ2v) is 4.53. The van der Waals surface area contributed by atoms with Gasteiger partial charge in [-0.05, 0) is 12.1 Å². The molecular weight excluding hydrogens is 168 g/mol. The minimum Gasteiger partial charge on any atom is -0.393 e. The number of hydrogen-bond donors (Lipinski definition) is 0. The standard InChI is InChI=1S/C9H13O2Si/c1-8-4-6-9(7-5-8)12(10-2)11-3/h4-7H,1-3H3. The molecule has 0 aliphatic rings. The summed E-state index contributed by atoms with van der Waals surface area (Å²) in [6.07, 6.45) is 0. The fraction of sp³-hybridized carbons (Fsp3) is 0.333. The zero-order chi connectivity index (χ0) is 8.97. The Labute approximate surface area is 75.0 Å². The summed E-state index contributed by atoms with van der Waals surface area (Å²) < 4.78 is 10.4. The highest BCUT2D eigenvalue weighted by molar-refractivity contribution is 6.61. The first-order valence-corrected chi connectivity index (χ1v) is 5.11. The van der Waals surface area contributed by atoms with E-state index in [0.717, 1.165) is 5.19 Å². The summed E-state index contributed by atoms with van der Waals surface area (Å²) in [6.45, 7) is 2.07. The molecule has 0 aromatic heterocycles. The molecule has 2 nitrogen and oxygen atoms in total. The van der Waals surface area contributed by atoms with E-state index in [-0.39, 0.29) is 0 Å². The molecular formula is C9H13O2Si. The van der Waals surface area contributed by atoms with Crippen molar-refractivity contribution in [3.05, 3.63) is 29.8 Å². The molecule has 0 aliphatic heterocycles. The molecule has 65 valence electrons. The molecule has 3 heteroatoms. The maximum Gasteiger partial charge on any atom is 0.423 e. The van der Waals surface area contributed by atoms with Crippen LogP contribution in [0, 0.1) is 6.92 Å². The van der Waals surface area contributed by atoms with Crippen molar-refractivity contribution in [3.8, 4) is 0 Å². The summed E-state index contributed by atoms with van der Waals surface area (Å²) in [5.41, 5.74) is 1.26. The first-order chi connectivity index (χ1) is 5.77. The van der Waals surface area contributed by atoms with E-state index >= 15 is 0 Å². The van der Waals surface area contributed by atoms with Crippen LogP contribution >= 0.6 is 0 Å². The van der Waals surface area contributed by atoms with E-state index in [0.29, 0.717) is 0 Å². The molecule has 0 bridgehead atoms. The smallest absolute Gasteiger partial charge is 0.393 e. The number of rotatable bonds is 3. The summed E-state index contributed by atoms with van der Waals surface area (Å²) in [5, 5.41) is 1.15. The van der Waals surface area contributed by atoms with Crippen molar-refractivity contribution in [2.45, 2.75) is 6.92 Å². The van der Waals surface area contributed by atoms with Gasteiger partial charge < -0.3 is 8.85 Å². The van der Waals surface area contributed by atoms with Gasteiger partial charge in [-0.2, -0.15) is 0 Å². The fourth-order valence-corrected chi connectivity index (χ4v) is 2.09. The van der Waals surface area contributed by atoms with E-state index in [1.165, 1.54) is 5.56 Å². The van der Waals surface area contributed by atoms with Crippen LogP contribution in [0.2, 0.25) is 0 Å². The van der Waals surface area contributed by atoms with Crippen LogP contribution in [0.15, 0.2) is 24.3 Å². The Bertz CT molecular complexity index is 229. The molecule has 0 saturated carbocycles. The molecule has 0 N–H and O–H groups in total. The van der Waals surface area contributed by atoms with Crippen molar-refractivity contribution >= 4 is 14.5 Å². The van der Waals surface area contributed by atoms with Crippen molar-refractivity contribution in [1.29, 1.82) is 0 Å². The van der Waals surface area contributed by atoms with Crippen LogP contribution in [0.25, 0.3) is 0 Å². The molecule has 0 heterocycles. The normalized spacial score (nSPS) is 10.7. The lowest BCUT2D eigenvalue weighted by Gasteiger charge is -2.08. The van der Waals surface area contributed by atoms with E-state index in [4.69, 9.17) is 8.85 Å². The van der Waals surface area contributed by atoms with Gasteiger partial charge in [0.2, 0.25) is 0 Å². The molecule has 1 aromatic carbocycles. The zero-order valence-corrected chi connectivity index (χ0v) is 8.63. The Morgan fingerprint density at radius 3 is 1.92 bits per heavy atom. The highest BCUT2D eigenvalue weighted by Crippen LogP contribution is 1.95. The lowest BCUT2D eigenvalue weighted by molar-refractivity contribution is 0.292. The average molecular weight is 181 g/mol. The molecule has 1 aromatic rings. The van der Waals surface area contributed by atoms with Gasteiger partial charge in [-0.3, -0.25) is 0 Å². The minimum atomic E-state index is -1.22. The van der Waals surface area contributed by atoms with Crippen LogP contribution in [-0.2, 0) is 8.85 Å². The van der Waals surface area contributed by atoms with Crippen LogP contribution in [0.1, 0.15) is 5.56 Å². The molecule has 1 radical (unpaired) electrons. The predicted molar refractivity (Wildman–Crippen MR) is 50.6 cm³/mol. The molecule has 0 fully saturated rings. The summed E-state index contributed by atoms with van der Waals surface area (Å²) >= 11 is 0. The molecule has 0 spiro atoms. The third kappa shape index (κ3) is 2.17. The van der Waals surface area contributed by atoms with Crippen LogP contribution in [0.4, 0.5) is 0 Å². The predicted octanol–water partition coefficient (Wildman–Crippen LogP) is 0.983. The second-order valence-electron chi connectivity index (χ2n) is 2.56. The third-order valence-electron chi connectivity index (χ3n) is 1.66. The van der Waals surface area contributed by atoms with Gasteiger partial charge >= 0.3 is 9.28 Å². The third-order valence-corrected chi connectivity index (χ3v) is 3.20. The topological polar surface area (TPSA) is 18.5 Å². The van der Waals surface area contributed by atoms with Crippen molar-refractivity contribution in [2.24, 2.45) is 0 Å².